The molecule has 1 fully saturated rings. The number of aromatic nitrogens is 1. The smallest absolute Gasteiger partial charge is 0.267 e. The van der Waals surface area contributed by atoms with Crippen molar-refractivity contribution >= 4 is 5.91 Å². The lowest BCUT2D eigenvalue weighted by Crippen LogP contribution is -2.30. The molecule has 1 aromatic rings. The summed E-state index contributed by atoms with van der Waals surface area (Å²) in [6.07, 6.45) is 4.82. The molecule has 4 N–H and O–H groups in total. The van der Waals surface area contributed by atoms with Crippen LogP contribution in [0, 0.1) is 11.8 Å². The lowest BCUT2D eigenvalue weighted by molar-refractivity contribution is 0.0993. The molecule has 2 rings (SSSR count). The number of pyridine rings is 1. The van der Waals surface area contributed by atoms with Crippen LogP contribution in [0.15, 0.2) is 18.2 Å². The maximum Gasteiger partial charge on any atom is 0.267 e. The first-order chi connectivity index (χ1) is 9.20. The van der Waals surface area contributed by atoms with Crippen molar-refractivity contribution in [2.45, 2.75) is 25.7 Å². The fourth-order valence-corrected chi connectivity index (χ4v) is 2.64. The number of rotatable bonds is 5. The molecule has 0 aliphatic heterocycles. The highest BCUT2D eigenvalue weighted by Crippen LogP contribution is 2.29. The first kappa shape index (κ1) is 13.8. The maximum atomic E-state index is 11.0. The van der Waals surface area contributed by atoms with Gasteiger partial charge < -0.3 is 16.2 Å². The lowest BCUT2D eigenvalue weighted by atomic mass is 9.80. The fourth-order valence-electron chi connectivity index (χ4n) is 2.64. The Morgan fingerprint density at radius 1 is 1.32 bits per heavy atom. The van der Waals surface area contributed by atoms with E-state index in [1.54, 1.807) is 18.2 Å². The second-order valence-electron chi connectivity index (χ2n) is 5.08. The van der Waals surface area contributed by atoms with Crippen LogP contribution in [0.25, 0.3) is 0 Å². The van der Waals surface area contributed by atoms with Gasteiger partial charge in [0.15, 0.2) is 0 Å². The number of nitrogens with zero attached hydrogens (tertiary/aromatic N) is 1. The summed E-state index contributed by atoms with van der Waals surface area (Å²) in [4.78, 5) is 15.1. The van der Waals surface area contributed by atoms with Gasteiger partial charge in [0.25, 0.3) is 5.91 Å². The Labute approximate surface area is 113 Å². The summed E-state index contributed by atoms with van der Waals surface area (Å²) in [6.45, 7) is 1.32. The third kappa shape index (κ3) is 3.67. The van der Waals surface area contributed by atoms with Gasteiger partial charge in [0.2, 0.25) is 5.88 Å². The van der Waals surface area contributed by atoms with E-state index in [9.17, 15) is 4.79 Å². The van der Waals surface area contributed by atoms with Crippen molar-refractivity contribution in [2.24, 2.45) is 23.3 Å². The number of carbonyl (C=O) groups excluding carboxylic acids is 1. The molecule has 0 spiro atoms. The summed E-state index contributed by atoms with van der Waals surface area (Å²) >= 11 is 0. The van der Waals surface area contributed by atoms with Gasteiger partial charge in [-0.2, -0.15) is 0 Å². The van der Waals surface area contributed by atoms with Crippen LogP contribution in [0.3, 0.4) is 0 Å². The average Bonchev–Trinajstić information content (AvgIpc) is 2.45. The summed E-state index contributed by atoms with van der Waals surface area (Å²) in [7, 11) is 0. The Morgan fingerprint density at radius 2 is 2.05 bits per heavy atom. The highest BCUT2D eigenvalue weighted by molar-refractivity contribution is 5.90. The lowest BCUT2D eigenvalue weighted by Gasteiger charge is -2.30. The van der Waals surface area contributed by atoms with Crippen molar-refractivity contribution in [3.8, 4) is 5.88 Å². The van der Waals surface area contributed by atoms with Crippen LogP contribution < -0.4 is 16.2 Å². The van der Waals surface area contributed by atoms with Gasteiger partial charge in [0.05, 0.1) is 6.61 Å². The van der Waals surface area contributed by atoms with E-state index < -0.39 is 5.91 Å². The monoisotopic (exact) mass is 263 g/mol. The van der Waals surface area contributed by atoms with Crippen LogP contribution >= 0.6 is 0 Å². The van der Waals surface area contributed by atoms with E-state index in [4.69, 9.17) is 16.2 Å². The zero-order chi connectivity index (χ0) is 13.7. The zero-order valence-corrected chi connectivity index (χ0v) is 11.0. The average molecular weight is 263 g/mol. The number of hydrogen-bond acceptors (Lipinski definition) is 4. The van der Waals surface area contributed by atoms with Gasteiger partial charge in [0, 0.05) is 6.07 Å². The largest absolute Gasteiger partial charge is 0.477 e. The Morgan fingerprint density at radius 3 is 2.74 bits per heavy atom. The van der Waals surface area contributed by atoms with Gasteiger partial charge in [-0.1, -0.05) is 18.9 Å². The SMILES string of the molecule is NCC1CCCCC1COc1cccc(C(N)=O)n1. The number of nitrogens with two attached hydrogens (primary N) is 2. The summed E-state index contributed by atoms with van der Waals surface area (Å²) in [5.74, 6) is 0.937. The van der Waals surface area contributed by atoms with Crippen LogP contribution in [0.4, 0.5) is 0 Å². The summed E-state index contributed by atoms with van der Waals surface area (Å²) < 4.78 is 5.69. The Bertz CT molecular complexity index is 436. The van der Waals surface area contributed by atoms with E-state index in [2.05, 4.69) is 4.98 Å². The molecular weight excluding hydrogens is 242 g/mol. The molecule has 1 heterocycles. The molecule has 0 aromatic carbocycles. The molecule has 5 nitrogen and oxygen atoms in total. The number of primary amides is 1. The summed E-state index contributed by atoms with van der Waals surface area (Å²) in [5, 5.41) is 0. The highest BCUT2D eigenvalue weighted by atomic mass is 16.5. The summed E-state index contributed by atoms with van der Waals surface area (Å²) in [6, 6.07) is 5.05. The van der Waals surface area contributed by atoms with Gasteiger partial charge in [-0.05, 0) is 37.3 Å². The summed E-state index contributed by atoms with van der Waals surface area (Å²) in [5.41, 5.74) is 11.2. The number of carbonyl (C=O) groups is 1. The molecule has 0 radical (unpaired) electrons. The molecule has 1 saturated carbocycles. The van der Waals surface area contributed by atoms with Gasteiger partial charge in [0.1, 0.15) is 5.69 Å². The van der Waals surface area contributed by atoms with Crippen molar-refractivity contribution in [1.29, 1.82) is 0 Å². The van der Waals surface area contributed by atoms with Crippen LogP contribution in [0.2, 0.25) is 0 Å². The van der Waals surface area contributed by atoms with E-state index in [1.807, 2.05) is 0 Å². The number of ether oxygens (including phenoxy) is 1. The molecule has 1 aliphatic carbocycles. The maximum absolute atomic E-state index is 11.0. The zero-order valence-electron chi connectivity index (χ0n) is 11.0. The van der Waals surface area contributed by atoms with Crippen molar-refractivity contribution in [1.82, 2.24) is 4.98 Å². The van der Waals surface area contributed by atoms with Crippen LogP contribution in [0.5, 0.6) is 5.88 Å². The molecule has 1 aliphatic rings. The molecule has 1 aromatic heterocycles. The van der Waals surface area contributed by atoms with E-state index in [-0.39, 0.29) is 5.69 Å². The second kappa shape index (κ2) is 6.52. The van der Waals surface area contributed by atoms with Crippen molar-refractivity contribution in [2.75, 3.05) is 13.2 Å². The number of amides is 1. The molecular formula is C14H21N3O2. The third-order valence-corrected chi connectivity index (χ3v) is 3.79. The molecule has 2 unspecified atom stereocenters. The fraction of sp³-hybridized carbons (Fsp3) is 0.571. The van der Waals surface area contributed by atoms with Crippen LogP contribution in [0.1, 0.15) is 36.2 Å². The molecule has 104 valence electrons. The van der Waals surface area contributed by atoms with Crippen molar-refractivity contribution in [3.05, 3.63) is 23.9 Å². The first-order valence-electron chi connectivity index (χ1n) is 6.80. The molecule has 5 heteroatoms. The molecule has 0 bridgehead atoms. The molecule has 19 heavy (non-hydrogen) atoms. The molecule has 0 saturated heterocycles. The minimum Gasteiger partial charge on any atom is -0.477 e. The van der Waals surface area contributed by atoms with E-state index >= 15 is 0 Å². The molecule has 1 amide bonds. The minimum absolute atomic E-state index is 0.233. The Balaban J connectivity index is 1.94. The quantitative estimate of drug-likeness (QED) is 0.838. The van der Waals surface area contributed by atoms with Gasteiger partial charge >= 0.3 is 0 Å². The molecule has 2 atom stereocenters. The topological polar surface area (TPSA) is 91.2 Å². The second-order valence-corrected chi connectivity index (χ2v) is 5.08. The van der Waals surface area contributed by atoms with Gasteiger partial charge in [-0.25, -0.2) is 4.98 Å². The van der Waals surface area contributed by atoms with Crippen LogP contribution in [-0.4, -0.2) is 24.0 Å². The number of hydrogen-bond donors (Lipinski definition) is 2. The highest BCUT2D eigenvalue weighted by Gasteiger charge is 2.24. The van der Waals surface area contributed by atoms with Gasteiger partial charge in [-0.3, -0.25) is 4.79 Å². The predicted molar refractivity (Wildman–Crippen MR) is 72.8 cm³/mol. The van der Waals surface area contributed by atoms with Crippen LogP contribution in [-0.2, 0) is 0 Å². The first-order valence-corrected chi connectivity index (χ1v) is 6.80. The normalized spacial score (nSPS) is 23.0. The van der Waals surface area contributed by atoms with E-state index in [0.717, 1.165) is 6.42 Å². The third-order valence-electron chi connectivity index (χ3n) is 3.79. The standard InChI is InChI=1S/C14H21N3O2/c15-8-10-4-1-2-5-11(10)9-19-13-7-3-6-12(17-13)14(16)18/h3,6-7,10-11H,1-2,4-5,8-9,15H2,(H2,16,18). The Kier molecular flexibility index (Phi) is 4.74. The van der Waals surface area contributed by atoms with E-state index in [0.29, 0.717) is 30.9 Å². The predicted octanol–water partition coefficient (Wildman–Crippen LogP) is 1.32. The van der Waals surface area contributed by atoms with Crippen molar-refractivity contribution < 1.29 is 9.53 Å². The van der Waals surface area contributed by atoms with Crippen molar-refractivity contribution in [3.63, 3.8) is 0 Å². The van der Waals surface area contributed by atoms with Gasteiger partial charge in [-0.15, -0.1) is 0 Å². The Hall–Kier alpha value is -1.62. The van der Waals surface area contributed by atoms with E-state index in [1.165, 1.54) is 19.3 Å². The minimum atomic E-state index is -0.539.